The van der Waals surface area contributed by atoms with Crippen molar-refractivity contribution in [1.29, 1.82) is 0 Å². The summed E-state index contributed by atoms with van der Waals surface area (Å²) in [7, 11) is 0. The van der Waals surface area contributed by atoms with E-state index in [1.54, 1.807) is 0 Å². The number of hydrogen-bond acceptors (Lipinski definition) is 0. The maximum Gasteiger partial charge on any atom is 2.00 e. The minimum Gasteiger partial charge on any atom is -0.272 e. The van der Waals surface area contributed by atoms with Gasteiger partial charge in [0.25, 0.3) is 0 Å². The summed E-state index contributed by atoms with van der Waals surface area (Å²) in [6.07, 6.45) is 16.5. The zero-order valence-corrected chi connectivity index (χ0v) is 15.8. The van der Waals surface area contributed by atoms with E-state index in [1.807, 2.05) is 12.2 Å². The van der Waals surface area contributed by atoms with Gasteiger partial charge in [0.2, 0.25) is 0 Å². The molecule has 0 atom stereocenters. The van der Waals surface area contributed by atoms with Gasteiger partial charge in [-0.3, -0.25) is 12.2 Å². The van der Waals surface area contributed by atoms with Crippen LogP contribution in [0.25, 0.3) is 11.1 Å². The number of rotatable bonds is 2. The Hall–Kier alpha value is -2.08. The molecule has 0 unspecified atom stereocenters. The van der Waals surface area contributed by atoms with Crippen LogP contribution in [0.3, 0.4) is 0 Å². The van der Waals surface area contributed by atoms with Gasteiger partial charge in [-0.2, -0.15) is 0 Å². The summed E-state index contributed by atoms with van der Waals surface area (Å²) < 4.78 is 0. The number of aryl methyl sites for hydroxylation is 2. The van der Waals surface area contributed by atoms with Crippen LogP contribution in [0.5, 0.6) is 0 Å². The van der Waals surface area contributed by atoms with Gasteiger partial charge < -0.3 is 0 Å². The first-order valence-electron chi connectivity index (χ1n) is 8.38. The van der Waals surface area contributed by atoms with E-state index in [2.05, 4.69) is 86.7 Å². The fourth-order valence-corrected chi connectivity index (χ4v) is 2.86. The van der Waals surface area contributed by atoms with Crippen molar-refractivity contribution >= 4 is 11.1 Å². The van der Waals surface area contributed by atoms with Gasteiger partial charge in [0.1, 0.15) is 0 Å². The van der Waals surface area contributed by atoms with E-state index in [9.17, 15) is 0 Å². The van der Waals surface area contributed by atoms with Crippen LogP contribution in [0.15, 0.2) is 72.8 Å². The molecule has 2 aliphatic rings. The van der Waals surface area contributed by atoms with E-state index in [-0.39, 0.29) is 17.1 Å². The van der Waals surface area contributed by atoms with Gasteiger partial charge in [-0.25, -0.2) is 24.3 Å². The topological polar surface area (TPSA) is 0 Å². The minimum atomic E-state index is 0. The van der Waals surface area contributed by atoms with E-state index in [1.165, 1.54) is 33.4 Å². The third kappa shape index (κ3) is 5.46. The Kier molecular flexibility index (Phi) is 7.25. The van der Waals surface area contributed by atoms with Gasteiger partial charge in [0, 0.05) is 0 Å². The average molecular weight is 366 g/mol. The second-order valence-corrected chi connectivity index (χ2v) is 6.22. The molecule has 2 aromatic rings. The predicted octanol–water partition coefficient (Wildman–Crippen LogP) is 6.28. The Labute approximate surface area is 162 Å². The van der Waals surface area contributed by atoms with Crippen LogP contribution < -0.4 is 0 Å². The van der Waals surface area contributed by atoms with Crippen molar-refractivity contribution in [3.05, 3.63) is 107 Å². The number of hydrogen-bond donors (Lipinski definition) is 0. The van der Waals surface area contributed by atoms with Crippen LogP contribution in [-0.4, -0.2) is 0 Å². The molecule has 2 aromatic carbocycles. The molecule has 126 valence electrons. The van der Waals surface area contributed by atoms with E-state index >= 15 is 0 Å². The summed E-state index contributed by atoms with van der Waals surface area (Å²) in [6, 6.07) is 17.2. The normalized spacial score (nSPS) is 14.3. The van der Waals surface area contributed by atoms with Crippen molar-refractivity contribution < 1.29 is 17.1 Å². The largest absolute Gasteiger partial charge is 2.00 e. The molecular formula is C24H22Fe. The van der Waals surface area contributed by atoms with E-state index < -0.39 is 0 Å². The summed E-state index contributed by atoms with van der Waals surface area (Å²) in [6.45, 7) is 4.24. The molecule has 0 saturated carbocycles. The monoisotopic (exact) mass is 366 g/mol. The number of allylic oxidation sites excluding steroid dienone is 8. The Balaban J connectivity index is 0.000000173. The van der Waals surface area contributed by atoms with Gasteiger partial charge in [-0.1, -0.05) is 59.7 Å². The van der Waals surface area contributed by atoms with Gasteiger partial charge >= 0.3 is 17.1 Å². The molecule has 0 saturated heterocycles. The summed E-state index contributed by atoms with van der Waals surface area (Å²) >= 11 is 0. The first-order valence-corrected chi connectivity index (χ1v) is 8.38. The summed E-state index contributed by atoms with van der Waals surface area (Å²) in [5.74, 6) is 0. The third-order valence-corrected chi connectivity index (χ3v) is 4.17. The molecular weight excluding hydrogens is 344 g/mol. The zero-order chi connectivity index (χ0) is 16.8. The van der Waals surface area contributed by atoms with Crippen LogP contribution in [0.4, 0.5) is 0 Å². The SMILES string of the molecule is Cc1cccc(C2=CC=[C-]C2)c1.Cc1cccc(C2=CC=[C-]C2)c1.[Fe+2]. The molecule has 0 spiro atoms. The average Bonchev–Trinajstić information content (AvgIpc) is 3.29. The van der Waals surface area contributed by atoms with E-state index in [0.29, 0.717) is 0 Å². The van der Waals surface area contributed by atoms with Crippen molar-refractivity contribution in [1.82, 2.24) is 0 Å². The van der Waals surface area contributed by atoms with E-state index in [0.717, 1.165) is 12.8 Å². The molecule has 4 rings (SSSR count). The fourth-order valence-electron chi connectivity index (χ4n) is 2.86. The van der Waals surface area contributed by atoms with Crippen molar-refractivity contribution in [3.8, 4) is 0 Å². The molecule has 0 fully saturated rings. The number of benzene rings is 2. The van der Waals surface area contributed by atoms with Crippen LogP contribution >= 0.6 is 0 Å². The summed E-state index contributed by atoms with van der Waals surface area (Å²) in [5.41, 5.74) is 8.05. The molecule has 0 radical (unpaired) electrons. The Bertz CT molecular complexity index is 763. The van der Waals surface area contributed by atoms with Crippen molar-refractivity contribution in [2.45, 2.75) is 26.7 Å². The standard InChI is InChI=1S/2C12H11.Fe/c2*1-10-5-4-8-12(9-10)11-6-2-3-7-11;/h2*2,4-6,8-9H,7H2,1H3;/q2*-1;+2. The molecule has 0 amide bonds. The molecule has 0 aromatic heterocycles. The Morgan fingerprint density at radius 3 is 1.44 bits per heavy atom. The van der Waals surface area contributed by atoms with Crippen LogP contribution in [0, 0.1) is 26.0 Å². The molecule has 0 nitrogen and oxygen atoms in total. The minimum absolute atomic E-state index is 0. The van der Waals surface area contributed by atoms with Crippen molar-refractivity contribution in [2.24, 2.45) is 0 Å². The second kappa shape index (κ2) is 9.42. The smallest absolute Gasteiger partial charge is 0.272 e. The van der Waals surface area contributed by atoms with Gasteiger partial charge in [-0.15, -0.1) is 24.0 Å². The van der Waals surface area contributed by atoms with Crippen molar-refractivity contribution in [3.63, 3.8) is 0 Å². The molecule has 0 N–H and O–H groups in total. The molecule has 2 aliphatic carbocycles. The van der Waals surface area contributed by atoms with Gasteiger partial charge in [0.05, 0.1) is 0 Å². The molecule has 25 heavy (non-hydrogen) atoms. The summed E-state index contributed by atoms with van der Waals surface area (Å²) in [5, 5.41) is 0. The second-order valence-electron chi connectivity index (χ2n) is 6.22. The predicted molar refractivity (Wildman–Crippen MR) is 103 cm³/mol. The first kappa shape index (κ1) is 19.2. The van der Waals surface area contributed by atoms with Gasteiger partial charge in [0.15, 0.2) is 0 Å². The molecule has 1 heteroatoms. The van der Waals surface area contributed by atoms with Gasteiger partial charge in [-0.05, 0) is 25.0 Å². The van der Waals surface area contributed by atoms with E-state index in [4.69, 9.17) is 0 Å². The fraction of sp³-hybridized carbons (Fsp3) is 0.167. The Morgan fingerprint density at radius 2 is 1.12 bits per heavy atom. The zero-order valence-electron chi connectivity index (χ0n) is 14.7. The first-order chi connectivity index (χ1) is 11.7. The van der Waals surface area contributed by atoms with Crippen molar-refractivity contribution in [2.75, 3.05) is 0 Å². The van der Waals surface area contributed by atoms with Crippen LogP contribution in [0.2, 0.25) is 0 Å². The quantitative estimate of drug-likeness (QED) is 0.433. The third-order valence-electron chi connectivity index (χ3n) is 4.17. The molecule has 0 heterocycles. The molecule has 0 bridgehead atoms. The van der Waals surface area contributed by atoms with Crippen LogP contribution in [0.1, 0.15) is 35.1 Å². The maximum absolute atomic E-state index is 3.17. The summed E-state index contributed by atoms with van der Waals surface area (Å²) in [4.78, 5) is 0. The maximum atomic E-state index is 3.17. The molecule has 0 aliphatic heterocycles. The Morgan fingerprint density at radius 1 is 0.680 bits per heavy atom. The van der Waals surface area contributed by atoms with Crippen LogP contribution in [-0.2, 0) is 17.1 Å².